The molecular formula is C9H8N4O8. The molecule has 1 rings (SSSR count). The minimum absolute atomic E-state index is 0.323. The summed E-state index contributed by atoms with van der Waals surface area (Å²) in [5.41, 5.74) is -2.88. The highest BCUT2D eigenvalue weighted by Crippen LogP contribution is 2.36. The van der Waals surface area contributed by atoms with Gasteiger partial charge in [-0.25, -0.2) is 0 Å². The van der Waals surface area contributed by atoms with Gasteiger partial charge in [0.25, 0.3) is 11.4 Å². The molecule has 0 saturated heterocycles. The van der Waals surface area contributed by atoms with Gasteiger partial charge < -0.3 is 0 Å². The van der Waals surface area contributed by atoms with Crippen LogP contribution in [0.3, 0.4) is 0 Å². The largest absolute Gasteiger partial charge is 0.477 e. The third-order valence-electron chi connectivity index (χ3n) is 2.88. The third-order valence-corrected chi connectivity index (χ3v) is 2.88. The van der Waals surface area contributed by atoms with E-state index < -0.39 is 42.8 Å². The molecule has 0 spiro atoms. The van der Waals surface area contributed by atoms with E-state index in [2.05, 4.69) is 0 Å². The van der Waals surface area contributed by atoms with Gasteiger partial charge in [-0.2, -0.15) is 0 Å². The zero-order valence-electron chi connectivity index (χ0n) is 10.7. The van der Waals surface area contributed by atoms with Crippen LogP contribution in [0.2, 0.25) is 0 Å². The van der Waals surface area contributed by atoms with Gasteiger partial charge in [0.1, 0.15) is 21.0 Å². The summed E-state index contributed by atoms with van der Waals surface area (Å²) in [5, 5.41) is 43.4. The van der Waals surface area contributed by atoms with Gasteiger partial charge in [-0.3, -0.25) is 40.5 Å². The first-order chi connectivity index (χ1) is 9.59. The minimum Gasteiger partial charge on any atom is -0.258 e. The van der Waals surface area contributed by atoms with E-state index in [-0.39, 0.29) is 11.1 Å². The lowest BCUT2D eigenvalue weighted by Gasteiger charge is -2.08. The first-order valence-electron chi connectivity index (χ1n) is 5.29. The quantitative estimate of drug-likeness (QED) is 0.448. The van der Waals surface area contributed by atoms with E-state index in [1.54, 1.807) is 0 Å². The second-order valence-corrected chi connectivity index (χ2v) is 4.04. The first kappa shape index (κ1) is 15.9. The molecule has 12 heteroatoms. The molecule has 21 heavy (non-hydrogen) atoms. The second-order valence-electron chi connectivity index (χ2n) is 4.04. The van der Waals surface area contributed by atoms with Gasteiger partial charge in [0.15, 0.2) is 0 Å². The molecule has 0 fully saturated rings. The Morgan fingerprint density at radius 1 is 0.857 bits per heavy atom. The number of hydrogen-bond donors (Lipinski definition) is 0. The lowest BCUT2D eigenvalue weighted by molar-refractivity contribution is -0.752. The van der Waals surface area contributed by atoms with Crippen LogP contribution < -0.4 is 0 Å². The molecule has 0 bridgehead atoms. The standard InChI is InChI=1S/C9H8N4O8/c1-4-6(9(12(18)19)13(20)21)3-7(10(14)15)5(2)8(4)11(16)17/h3,9H,1-2H3. The number of rotatable bonds is 5. The molecule has 0 amide bonds. The molecule has 0 saturated carbocycles. The smallest absolute Gasteiger partial charge is 0.258 e. The van der Waals surface area contributed by atoms with Crippen molar-refractivity contribution in [2.45, 2.75) is 20.0 Å². The van der Waals surface area contributed by atoms with Crippen molar-refractivity contribution in [2.75, 3.05) is 0 Å². The highest BCUT2D eigenvalue weighted by atomic mass is 16.7. The van der Waals surface area contributed by atoms with Gasteiger partial charge in [0.05, 0.1) is 9.85 Å². The Morgan fingerprint density at radius 2 is 1.33 bits per heavy atom. The van der Waals surface area contributed by atoms with Crippen LogP contribution in [-0.4, -0.2) is 19.7 Å². The number of nitrogens with zero attached hydrogens (tertiary/aromatic N) is 4. The van der Waals surface area contributed by atoms with Crippen molar-refractivity contribution in [1.82, 2.24) is 0 Å². The van der Waals surface area contributed by atoms with Gasteiger partial charge in [0.2, 0.25) is 0 Å². The van der Waals surface area contributed by atoms with E-state index in [0.717, 1.165) is 13.8 Å². The second kappa shape index (κ2) is 5.44. The first-order valence-corrected chi connectivity index (χ1v) is 5.29. The lowest BCUT2D eigenvalue weighted by atomic mass is 9.99. The van der Waals surface area contributed by atoms with Crippen molar-refractivity contribution < 1.29 is 19.7 Å². The maximum atomic E-state index is 11.0. The average molecular weight is 300 g/mol. The molecule has 1 aromatic rings. The van der Waals surface area contributed by atoms with E-state index in [9.17, 15) is 40.5 Å². The zero-order valence-corrected chi connectivity index (χ0v) is 10.7. The van der Waals surface area contributed by atoms with Crippen molar-refractivity contribution in [3.8, 4) is 0 Å². The Balaban J connectivity index is 3.82. The van der Waals surface area contributed by atoms with Crippen LogP contribution in [0.5, 0.6) is 0 Å². The summed E-state index contributed by atoms with van der Waals surface area (Å²) in [6, 6.07) is 0.633. The van der Waals surface area contributed by atoms with Crippen LogP contribution >= 0.6 is 0 Å². The highest BCUT2D eigenvalue weighted by Gasteiger charge is 2.41. The Kier molecular flexibility index (Phi) is 4.11. The maximum absolute atomic E-state index is 11.0. The predicted octanol–water partition coefficient (Wildman–Crippen LogP) is 1.67. The molecule has 0 aliphatic rings. The Labute approximate surface area is 115 Å². The van der Waals surface area contributed by atoms with E-state index in [4.69, 9.17) is 0 Å². The fourth-order valence-corrected chi connectivity index (χ4v) is 1.94. The summed E-state index contributed by atoms with van der Waals surface area (Å²) in [4.78, 5) is 38.9. The van der Waals surface area contributed by atoms with Crippen LogP contribution in [0.25, 0.3) is 0 Å². The van der Waals surface area contributed by atoms with Gasteiger partial charge in [-0.1, -0.05) is 0 Å². The van der Waals surface area contributed by atoms with Crippen LogP contribution in [-0.2, 0) is 0 Å². The number of benzene rings is 1. The molecule has 0 aliphatic heterocycles. The Morgan fingerprint density at radius 3 is 1.67 bits per heavy atom. The summed E-state index contributed by atoms with van der Waals surface area (Å²) >= 11 is 0. The van der Waals surface area contributed by atoms with Crippen molar-refractivity contribution in [1.29, 1.82) is 0 Å². The summed E-state index contributed by atoms with van der Waals surface area (Å²) in [5.74, 6) is 0. The Bertz CT molecular complexity index is 656. The van der Waals surface area contributed by atoms with Crippen molar-refractivity contribution in [2.24, 2.45) is 0 Å². The Hall–Kier alpha value is -3.18. The zero-order chi connectivity index (χ0) is 16.5. The maximum Gasteiger partial charge on any atom is 0.477 e. The molecule has 0 aromatic heterocycles. The monoisotopic (exact) mass is 300 g/mol. The van der Waals surface area contributed by atoms with E-state index in [0.29, 0.717) is 6.07 Å². The van der Waals surface area contributed by atoms with Crippen LogP contribution in [0.1, 0.15) is 22.9 Å². The third kappa shape index (κ3) is 2.72. The summed E-state index contributed by atoms with van der Waals surface area (Å²) < 4.78 is 0. The molecule has 0 N–H and O–H groups in total. The normalized spacial score (nSPS) is 10.4. The predicted molar refractivity (Wildman–Crippen MR) is 66.0 cm³/mol. The molecule has 12 nitrogen and oxygen atoms in total. The minimum atomic E-state index is -2.51. The summed E-state index contributed by atoms with van der Waals surface area (Å²) in [7, 11) is 0. The fourth-order valence-electron chi connectivity index (χ4n) is 1.94. The summed E-state index contributed by atoms with van der Waals surface area (Å²) in [6.07, 6.45) is -2.51. The number of hydrogen-bond acceptors (Lipinski definition) is 8. The van der Waals surface area contributed by atoms with Crippen LogP contribution in [0.15, 0.2) is 6.07 Å². The molecular weight excluding hydrogens is 292 g/mol. The topological polar surface area (TPSA) is 173 Å². The SMILES string of the molecule is Cc1c(C([N+](=O)[O-])[N+](=O)[O-])cc([N+](=O)[O-])c(C)c1[N+](=O)[O-]. The van der Waals surface area contributed by atoms with Crippen LogP contribution in [0, 0.1) is 54.3 Å². The van der Waals surface area contributed by atoms with Crippen LogP contribution in [0.4, 0.5) is 11.4 Å². The van der Waals surface area contributed by atoms with E-state index >= 15 is 0 Å². The molecule has 0 unspecified atom stereocenters. The van der Waals surface area contributed by atoms with Gasteiger partial charge in [-0.05, 0) is 13.8 Å². The summed E-state index contributed by atoms with van der Waals surface area (Å²) in [6.45, 7) is 2.17. The molecule has 0 atom stereocenters. The van der Waals surface area contributed by atoms with Crippen molar-refractivity contribution in [3.63, 3.8) is 0 Å². The average Bonchev–Trinajstić information content (AvgIpc) is 2.30. The van der Waals surface area contributed by atoms with Gasteiger partial charge in [0, 0.05) is 11.6 Å². The molecule has 1 aromatic carbocycles. The fraction of sp³-hybridized carbons (Fsp3) is 0.333. The molecule has 0 aliphatic carbocycles. The van der Waals surface area contributed by atoms with Crippen molar-refractivity contribution in [3.05, 3.63) is 63.2 Å². The molecule has 0 radical (unpaired) electrons. The molecule has 0 heterocycles. The highest BCUT2D eigenvalue weighted by molar-refractivity contribution is 5.60. The van der Waals surface area contributed by atoms with E-state index in [1.165, 1.54) is 0 Å². The number of nitro groups is 4. The molecule has 112 valence electrons. The van der Waals surface area contributed by atoms with Gasteiger partial charge >= 0.3 is 6.17 Å². The van der Waals surface area contributed by atoms with E-state index in [1.807, 2.05) is 0 Å². The van der Waals surface area contributed by atoms with Gasteiger partial charge in [-0.15, -0.1) is 0 Å². The lowest BCUT2D eigenvalue weighted by Crippen LogP contribution is -2.21. The van der Waals surface area contributed by atoms with Crippen molar-refractivity contribution >= 4 is 11.4 Å². The number of nitro benzene ring substituents is 2.